The van der Waals surface area contributed by atoms with E-state index in [1.165, 1.54) is 11.1 Å². The normalized spacial score (nSPS) is 22.5. The van der Waals surface area contributed by atoms with Crippen molar-refractivity contribution in [2.24, 2.45) is 11.7 Å². The van der Waals surface area contributed by atoms with E-state index in [-0.39, 0.29) is 0 Å². The number of benzene rings is 1. The molecule has 0 aromatic heterocycles. The predicted molar refractivity (Wildman–Crippen MR) is 69.0 cm³/mol. The minimum atomic E-state index is -0.435. The van der Waals surface area contributed by atoms with Crippen molar-refractivity contribution >= 4 is 6.03 Å². The number of hydrogen-bond acceptors (Lipinski definition) is 1. The van der Waals surface area contributed by atoms with Crippen molar-refractivity contribution < 1.29 is 4.79 Å². The molecule has 3 N–H and O–H groups in total. The van der Waals surface area contributed by atoms with Crippen molar-refractivity contribution in [3.05, 3.63) is 35.4 Å². The molecule has 2 rings (SSSR count). The lowest BCUT2D eigenvalue weighted by Crippen LogP contribution is -2.32. The molecule has 92 valence electrons. The van der Waals surface area contributed by atoms with Gasteiger partial charge in [0.15, 0.2) is 0 Å². The Balaban J connectivity index is 2.19. The lowest BCUT2D eigenvalue weighted by molar-refractivity contribution is 0.248. The summed E-state index contributed by atoms with van der Waals surface area (Å²) >= 11 is 0. The van der Waals surface area contributed by atoms with Crippen molar-refractivity contribution in [1.82, 2.24) is 5.32 Å². The number of fused-ring (bicyclic) bond motifs is 1. The highest BCUT2D eigenvalue weighted by Crippen LogP contribution is 2.44. The molecule has 0 saturated carbocycles. The van der Waals surface area contributed by atoms with E-state index in [1.807, 2.05) is 0 Å². The maximum absolute atomic E-state index is 10.8. The number of rotatable bonds is 3. The van der Waals surface area contributed by atoms with Gasteiger partial charge in [-0.3, -0.25) is 0 Å². The van der Waals surface area contributed by atoms with Gasteiger partial charge < -0.3 is 11.1 Å². The Morgan fingerprint density at radius 1 is 1.41 bits per heavy atom. The summed E-state index contributed by atoms with van der Waals surface area (Å²) in [5.74, 6) is 1.65. The van der Waals surface area contributed by atoms with Crippen LogP contribution in [0, 0.1) is 5.92 Å². The summed E-state index contributed by atoms with van der Waals surface area (Å²) in [5, 5.41) is 2.73. The summed E-state index contributed by atoms with van der Waals surface area (Å²) in [5.41, 5.74) is 7.95. The highest BCUT2D eigenvalue weighted by Gasteiger charge is 2.32. The molecule has 3 heteroatoms. The van der Waals surface area contributed by atoms with E-state index in [9.17, 15) is 4.79 Å². The van der Waals surface area contributed by atoms with Gasteiger partial charge in [0.1, 0.15) is 0 Å². The van der Waals surface area contributed by atoms with E-state index in [1.54, 1.807) is 0 Å². The highest BCUT2D eigenvalue weighted by molar-refractivity contribution is 5.71. The third-order valence-corrected chi connectivity index (χ3v) is 3.70. The topological polar surface area (TPSA) is 55.1 Å². The third-order valence-electron chi connectivity index (χ3n) is 3.70. The summed E-state index contributed by atoms with van der Waals surface area (Å²) in [6.45, 7) is 5.16. The van der Waals surface area contributed by atoms with Crippen LogP contribution in [0.25, 0.3) is 0 Å². The Bertz CT molecular complexity index is 414. The fourth-order valence-electron chi connectivity index (χ4n) is 2.83. The Labute approximate surface area is 102 Å². The van der Waals surface area contributed by atoms with Crippen LogP contribution in [-0.4, -0.2) is 12.6 Å². The first-order valence-corrected chi connectivity index (χ1v) is 6.21. The minimum absolute atomic E-state index is 0.408. The zero-order chi connectivity index (χ0) is 12.4. The molecule has 0 spiro atoms. The fraction of sp³-hybridized carbons (Fsp3) is 0.500. The van der Waals surface area contributed by atoms with Gasteiger partial charge in [-0.2, -0.15) is 0 Å². The number of urea groups is 1. The van der Waals surface area contributed by atoms with E-state index in [0.29, 0.717) is 24.3 Å². The van der Waals surface area contributed by atoms with Crippen LogP contribution >= 0.6 is 0 Å². The first-order valence-electron chi connectivity index (χ1n) is 6.21. The second-order valence-electron chi connectivity index (χ2n) is 5.16. The standard InChI is InChI=1S/C14H20N2O/c1-9(2)13-7-10(8-16-14(15)17)11-5-3-4-6-12(11)13/h3-6,9-10,13H,7-8H2,1-2H3,(H3,15,16,17)/t10-,13+/m1/s1. The van der Waals surface area contributed by atoms with Gasteiger partial charge in [-0.05, 0) is 29.4 Å². The van der Waals surface area contributed by atoms with E-state index in [2.05, 4.69) is 43.4 Å². The van der Waals surface area contributed by atoms with Gasteiger partial charge in [0.25, 0.3) is 0 Å². The van der Waals surface area contributed by atoms with Gasteiger partial charge in [-0.15, -0.1) is 0 Å². The molecule has 3 nitrogen and oxygen atoms in total. The fourth-order valence-corrected chi connectivity index (χ4v) is 2.83. The Hall–Kier alpha value is -1.51. The highest BCUT2D eigenvalue weighted by atomic mass is 16.2. The molecule has 17 heavy (non-hydrogen) atoms. The number of nitrogens with two attached hydrogens (primary N) is 1. The predicted octanol–water partition coefficient (Wildman–Crippen LogP) is 2.58. The van der Waals surface area contributed by atoms with E-state index in [0.717, 1.165) is 6.42 Å². The van der Waals surface area contributed by atoms with E-state index >= 15 is 0 Å². The average molecular weight is 232 g/mol. The Kier molecular flexibility index (Phi) is 3.36. The second kappa shape index (κ2) is 4.78. The van der Waals surface area contributed by atoms with Crippen molar-refractivity contribution in [2.75, 3.05) is 6.54 Å². The molecule has 2 atom stereocenters. The van der Waals surface area contributed by atoms with Crippen LogP contribution in [0.15, 0.2) is 24.3 Å². The van der Waals surface area contributed by atoms with Crippen LogP contribution in [0.5, 0.6) is 0 Å². The monoisotopic (exact) mass is 232 g/mol. The summed E-state index contributed by atoms with van der Waals surface area (Å²) in [4.78, 5) is 10.8. The molecule has 2 amide bonds. The van der Waals surface area contributed by atoms with Gasteiger partial charge in [0, 0.05) is 12.5 Å². The lowest BCUT2D eigenvalue weighted by Gasteiger charge is -2.16. The largest absolute Gasteiger partial charge is 0.352 e. The zero-order valence-electron chi connectivity index (χ0n) is 10.4. The van der Waals surface area contributed by atoms with Crippen LogP contribution in [0.1, 0.15) is 43.2 Å². The van der Waals surface area contributed by atoms with Crippen LogP contribution in [0.4, 0.5) is 4.79 Å². The maximum atomic E-state index is 10.8. The van der Waals surface area contributed by atoms with Crippen LogP contribution in [0.3, 0.4) is 0 Å². The first kappa shape index (κ1) is 12.0. The summed E-state index contributed by atoms with van der Waals surface area (Å²) in [7, 11) is 0. The van der Waals surface area contributed by atoms with Crippen LogP contribution < -0.4 is 11.1 Å². The molecule has 0 saturated heterocycles. The number of carbonyl (C=O) groups excluding carboxylic acids is 1. The van der Waals surface area contributed by atoms with Crippen molar-refractivity contribution in [2.45, 2.75) is 32.1 Å². The van der Waals surface area contributed by atoms with E-state index in [4.69, 9.17) is 5.73 Å². The van der Waals surface area contributed by atoms with Gasteiger partial charge in [0.05, 0.1) is 0 Å². The number of carbonyl (C=O) groups is 1. The lowest BCUT2D eigenvalue weighted by atomic mass is 9.90. The molecule has 0 fully saturated rings. The number of primary amides is 1. The SMILES string of the molecule is CC(C)[C@@H]1C[C@H](CNC(N)=O)c2ccccc21. The quantitative estimate of drug-likeness (QED) is 0.826. The molecular weight excluding hydrogens is 212 g/mol. The number of amides is 2. The van der Waals surface area contributed by atoms with Crippen LogP contribution in [-0.2, 0) is 0 Å². The van der Waals surface area contributed by atoms with Gasteiger partial charge in [0.2, 0.25) is 0 Å². The maximum Gasteiger partial charge on any atom is 0.312 e. The number of nitrogens with one attached hydrogen (secondary N) is 1. The van der Waals surface area contributed by atoms with Gasteiger partial charge in [-0.25, -0.2) is 4.79 Å². The van der Waals surface area contributed by atoms with Crippen LogP contribution in [0.2, 0.25) is 0 Å². The molecule has 1 aliphatic rings. The summed E-state index contributed by atoms with van der Waals surface area (Å²) in [6, 6.07) is 8.11. The number of hydrogen-bond donors (Lipinski definition) is 2. The molecule has 1 aromatic carbocycles. The third kappa shape index (κ3) is 2.43. The molecule has 0 aliphatic heterocycles. The second-order valence-corrected chi connectivity index (χ2v) is 5.16. The smallest absolute Gasteiger partial charge is 0.312 e. The Morgan fingerprint density at radius 2 is 2.06 bits per heavy atom. The minimum Gasteiger partial charge on any atom is -0.352 e. The van der Waals surface area contributed by atoms with Crippen molar-refractivity contribution in [3.8, 4) is 0 Å². The summed E-state index contributed by atoms with van der Waals surface area (Å²) < 4.78 is 0. The molecule has 0 unspecified atom stereocenters. The molecular formula is C14H20N2O. The van der Waals surface area contributed by atoms with Gasteiger partial charge in [-0.1, -0.05) is 38.1 Å². The molecule has 0 radical (unpaired) electrons. The molecule has 1 aliphatic carbocycles. The molecule has 1 aromatic rings. The van der Waals surface area contributed by atoms with Crippen molar-refractivity contribution in [3.63, 3.8) is 0 Å². The van der Waals surface area contributed by atoms with E-state index < -0.39 is 6.03 Å². The average Bonchev–Trinajstić information content (AvgIpc) is 2.65. The molecule has 0 bridgehead atoms. The zero-order valence-corrected chi connectivity index (χ0v) is 10.4. The summed E-state index contributed by atoms with van der Waals surface area (Å²) in [6.07, 6.45) is 1.11. The van der Waals surface area contributed by atoms with Crippen molar-refractivity contribution in [1.29, 1.82) is 0 Å². The molecule has 0 heterocycles. The van der Waals surface area contributed by atoms with Gasteiger partial charge >= 0.3 is 6.03 Å². The first-order chi connectivity index (χ1) is 8.09. The Morgan fingerprint density at radius 3 is 2.65 bits per heavy atom.